The maximum atomic E-state index is 14.4. The number of benzene rings is 2. The van der Waals surface area contributed by atoms with Gasteiger partial charge in [-0.3, -0.25) is 4.79 Å². The molecule has 1 N–H and O–H groups in total. The van der Waals surface area contributed by atoms with Crippen molar-refractivity contribution in [3.8, 4) is 5.75 Å². The molecule has 0 spiro atoms. The lowest BCUT2D eigenvalue weighted by Crippen LogP contribution is -2.50. The highest BCUT2D eigenvalue weighted by Gasteiger charge is 2.38. The minimum absolute atomic E-state index is 0.00605. The monoisotopic (exact) mass is 463 g/mol. The van der Waals surface area contributed by atoms with Crippen molar-refractivity contribution in [2.45, 2.75) is 37.9 Å². The minimum atomic E-state index is -0.731. The van der Waals surface area contributed by atoms with Crippen LogP contribution >= 0.6 is 11.6 Å². The van der Waals surface area contributed by atoms with Crippen molar-refractivity contribution in [3.05, 3.63) is 64.2 Å². The highest BCUT2D eigenvalue weighted by Crippen LogP contribution is 2.36. The first-order valence-electron chi connectivity index (χ1n) is 10.5. The number of carbonyl (C=O) groups excluding carboxylic acids is 2. The number of ether oxygens (including phenoxy) is 1. The first-order valence-corrected chi connectivity index (χ1v) is 10.9. The molecular weight excluding hydrogens is 440 g/mol. The quantitative estimate of drug-likeness (QED) is 0.736. The molecule has 6 nitrogen and oxygen atoms in total. The molecule has 2 aliphatic rings. The maximum absolute atomic E-state index is 14.4. The molecule has 4 rings (SSSR count). The molecule has 0 saturated carbocycles. The molecular formula is C23H24ClF2N3O3. The molecule has 0 radical (unpaired) electrons. The van der Waals surface area contributed by atoms with Gasteiger partial charge in [0, 0.05) is 31.6 Å². The van der Waals surface area contributed by atoms with Crippen LogP contribution in [-0.2, 0) is 11.3 Å². The number of nitrogens with one attached hydrogen (secondary N) is 1. The van der Waals surface area contributed by atoms with Gasteiger partial charge in [-0.25, -0.2) is 13.6 Å². The molecule has 1 saturated heterocycles. The highest BCUT2D eigenvalue weighted by molar-refractivity contribution is 6.30. The van der Waals surface area contributed by atoms with Crippen LogP contribution in [0.5, 0.6) is 5.75 Å². The van der Waals surface area contributed by atoms with Crippen molar-refractivity contribution in [1.29, 1.82) is 0 Å². The largest absolute Gasteiger partial charge is 0.490 e. The number of likely N-dealkylation sites (tertiary alicyclic amines) is 1. The first-order chi connectivity index (χ1) is 15.3. The summed E-state index contributed by atoms with van der Waals surface area (Å²) in [5.74, 6) is -1.64. The van der Waals surface area contributed by atoms with Crippen molar-refractivity contribution >= 4 is 23.5 Å². The molecule has 0 unspecified atom stereocenters. The summed E-state index contributed by atoms with van der Waals surface area (Å²) >= 11 is 5.91. The van der Waals surface area contributed by atoms with Gasteiger partial charge in [0.2, 0.25) is 5.91 Å². The lowest BCUT2D eigenvalue weighted by Gasteiger charge is -2.32. The molecule has 9 heteroatoms. The number of urea groups is 1. The van der Waals surface area contributed by atoms with E-state index in [0.717, 1.165) is 17.7 Å². The van der Waals surface area contributed by atoms with E-state index in [1.54, 1.807) is 24.1 Å². The summed E-state index contributed by atoms with van der Waals surface area (Å²) in [7, 11) is 1.69. The molecule has 2 heterocycles. The van der Waals surface area contributed by atoms with Gasteiger partial charge < -0.3 is 19.9 Å². The molecule has 32 heavy (non-hydrogen) atoms. The van der Waals surface area contributed by atoms with E-state index < -0.39 is 29.7 Å². The van der Waals surface area contributed by atoms with E-state index in [-0.39, 0.29) is 23.8 Å². The molecule has 2 aromatic rings. The fraction of sp³-hybridized carbons (Fsp3) is 0.391. The molecule has 170 valence electrons. The van der Waals surface area contributed by atoms with Crippen molar-refractivity contribution in [2.75, 3.05) is 20.2 Å². The number of nitrogens with zero attached hydrogens (tertiary/aromatic N) is 2. The Balaban J connectivity index is 1.45. The van der Waals surface area contributed by atoms with Gasteiger partial charge >= 0.3 is 6.03 Å². The summed E-state index contributed by atoms with van der Waals surface area (Å²) in [4.78, 5) is 29.2. The van der Waals surface area contributed by atoms with Gasteiger partial charge in [-0.2, -0.15) is 0 Å². The molecule has 0 aromatic heterocycles. The van der Waals surface area contributed by atoms with Crippen LogP contribution in [-0.4, -0.2) is 48.0 Å². The van der Waals surface area contributed by atoms with Crippen molar-refractivity contribution in [3.63, 3.8) is 0 Å². The van der Waals surface area contributed by atoms with E-state index in [1.807, 2.05) is 12.1 Å². The number of amides is 3. The molecule has 2 aliphatic heterocycles. The SMILES string of the molecule is CN(Cc1ccc(Cl)cc1)C(=O)[C@H]1CCCN1C(=O)N[C@H]1CCOc2c(F)ccc(F)c21. The Bertz CT molecular complexity index is 1020. The van der Waals surface area contributed by atoms with Crippen LogP contribution in [0.3, 0.4) is 0 Å². The fourth-order valence-electron chi connectivity index (χ4n) is 4.28. The van der Waals surface area contributed by atoms with Gasteiger partial charge in [0.05, 0.1) is 18.2 Å². The maximum Gasteiger partial charge on any atom is 0.318 e. The normalized spacial score (nSPS) is 19.8. The Kier molecular flexibility index (Phi) is 6.50. The third-order valence-corrected chi connectivity index (χ3v) is 6.15. The predicted octanol–water partition coefficient (Wildman–Crippen LogP) is 4.27. The lowest BCUT2D eigenvalue weighted by atomic mass is 9.99. The number of rotatable bonds is 4. The molecule has 1 fully saturated rings. The van der Waals surface area contributed by atoms with Crippen molar-refractivity contribution < 1.29 is 23.1 Å². The molecule has 2 atom stereocenters. The van der Waals surface area contributed by atoms with Crippen LogP contribution in [0.25, 0.3) is 0 Å². The fourth-order valence-corrected chi connectivity index (χ4v) is 4.41. The molecule has 2 aromatic carbocycles. The van der Waals surface area contributed by atoms with Crippen LogP contribution < -0.4 is 10.1 Å². The Morgan fingerprint density at radius 3 is 2.62 bits per heavy atom. The smallest absolute Gasteiger partial charge is 0.318 e. The molecule has 3 amide bonds. The third kappa shape index (κ3) is 4.50. The topological polar surface area (TPSA) is 61.9 Å². The van der Waals surface area contributed by atoms with E-state index in [0.29, 0.717) is 37.4 Å². The zero-order valence-corrected chi connectivity index (χ0v) is 18.4. The third-order valence-electron chi connectivity index (χ3n) is 5.90. The van der Waals surface area contributed by atoms with E-state index in [2.05, 4.69) is 5.32 Å². The van der Waals surface area contributed by atoms with Gasteiger partial charge in [0.15, 0.2) is 11.6 Å². The number of hydrogen-bond donors (Lipinski definition) is 1. The van der Waals surface area contributed by atoms with Crippen LogP contribution in [0.4, 0.5) is 13.6 Å². The summed E-state index contributed by atoms with van der Waals surface area (Å²) in [5.41, 5.74) is 0.932. The molecule has 0 aliphatic carbocycles. The summed E-state index contributed by atoms with van der Waals surface area (Å²) < 4.78 is 33.7. The average Bonchev–Trinajstić information content (AvgIpc) is 3.27. The van der Waals surface area contributed by atoms with Crippen LogP contribution in [0, 0.1) is 11.6 Å². The second kappa shape index (κ2) is 9.32. The van der Waals surface area contributed by atoms with E-state index in [4.69, 9.17) is 16.3 Å². The number of carbonyl (C=O) groups is 2. The zero-order chi connectivity index (χ0) is 22.8. The highest BCUT2D eigenvalue weighted by atomic mass is 35.5. The average molecular weight is 464 g/mol. The summed E-state index contributed by atoms with van der Waals surface area (Å²) in [5, 5.41) is 3.40. The Labute approximate surface area is 190 Å². The Morgan fingerprint density at radius 2 is 1.88 bits per heavy atom. The summed E-state index contributed by atoms with van der Waals surface area (Å²) in [6, 6.07) is 7.44. The Hall–Kier alpha value is -2.87. The van der Waals surface area contributed by atoms with E-state index in [9.17, 15) is 18.4 Å². The van der Waals surface area contributed by atoms with Crippen molar-refractivity contribution in [1.82, 2.24) is 15.1 Å². The number of halogens is 3. The van der Waals surface area contributed by atoms with Gasteiger partial charge in [-0.05, 0) is 42.7 Å². The predicted molar refractivity (Wildman–Crippen MR) is 115 cm³/mol. The minimum Gasteiger partial charge on any atom is -0.490 e. The van der Waals surface area contributed by atoms with E-state index >= 15 is 0 Å². The van der Waals surface area contributed by atoms with Crippen LogP contribution in [0.1, 0.15) is 36.4 Å². The molecule has 0 bridgehead atoms. The number of fused-ring (bicyclic) bond motifs is 1. The van der Waals surface area contributed by atoms with Crippen LogP contribution in [0.15, 0.2) is 36.4 Å². The first kappa shape index (κ1) is 22.3. The standard InChI is InChI=1S/C23H24ClF2N3O3/c1-28(13-14-4-6-15(24)7-5-14)22(30)19-3-2-11-29(19)23(31)27-18-10-12-32-21-17(26)9-8-16(25)20(18)21/h4-9,18-19H,2-3,10-13H2,1H3,(H,27,31)/t18-,19+/m0/s1. The van der Waals surface area contributed by atoms with Crippen molar-refractivity contribution in [2.24, 2.45) is 0 Å². The van der Waals surface area contributed by atoms with Gasteiger partial charge in [0.1, 0.15) is 11.9 Å². The van der Waals surface area contributed by atoms with Crippen LogP contribution in [0.2, 0.25) is 5.02 Å². The number of hydrogen-bond acceptors (Lipinski definition) is 3. The summed E-state index contributed by atoms with van der Waals surface area (Å²) in [6.45, 7) is 0.961. The second-order valence-electron chi connectivity index (χ2n) is 8.08. The second-order valence-corrected chi connectivity index (χ2v) is 8.52. The Morgan fingerprint density at radius 1 is 1.16 bits per heavy atom. The van der Waals surface area contributed by atoms with E-state index in [1.165, 1.54) is 4.90 Å². The van der Waals surface area contributed by atoms with Gasteiger partial charge in [0.25, 0.3) is 0 Å². The van der Waals surface area contributed by atoms with Gasteiger partial charge in [-0.1, -0.05) is 23.7 Å². The number of likely N-dealkylation sites (N-methyl/N-ethyl adjacent to an activating group) is 1. The zero-order valence-electron chi connectivity index (χ0n) is 17.6. The van der Waals surface area contributed by atoms with Gasteiger partial charge in [-0.15, -0.1) is 0 Å². The lowest BCUT2D eigenvalue weighted by molar-refractivity contribution is -0.134. The summed E-state index contributed by atoms with van der Waals surface area (Å²) in [6.07, 6.45) is 1.54.